The monoisotopic (exact) mass is 689 g/mol. The van der Waals surface area contributed by atoms with Crippen LogP contribution < -0.4 is 9.64 Å². The standard InChI is InChI=1S/C31H54N5O3.F6P/c1-7-13-19-34(20-14-8-2)30(37)24-36(25-31(38)35(21-15-9-3)22-16-10-4)26-17-18-28(33-32)29(23-26)39-27(11-5)12-6;1-7(2,3,4,5)6/h17-18,23,27H,7-16,19-22,24-25H2,1-6H3;/q+1;-1. The summed E-state index contributed by atoms with van der Waals surface area (Å²) in [5.74, 6) is 0.504. The van der Waals surface area contributed by atoms with E-state index in [-0.39, 0.29) is 31.0 Å². The molecule has 0 unspecified atom stereocenters. The number of rotatable bonds is 21. The molecule has 0 aliphatic rings. The Hall–Kier alpha value is -2.81. The number of ether oxygens (including phenoxy) is 1. The first-order valence-corrected chi connectivity index (χ1v) is 18.4. The molecule has 0 atom stereocenters. The van der Waals surface area contributed by atoms with E-state index >= 15 is 0 Å². The van der Waals surface area contributed by atoms with E-state index in [4.69, 9.17) is 4.74 Å². The summed E-state index contributed by atoms with van der Waals surface area (Å²) in [5.41, 5.74) is 1.05. The average Bonchev–Trinajstić information content (AvgIpc) is 2.97. The van der Waals surface area contributed by atoms with Crippen molar-refractivity contribution in [3.8, 4) is 5.75 Å². The summed E-state index contributed by atoms with van der Waals surface area (Å²) in [6.07, 6.45) is 9.51. The van der Waals surface area contributed by atoms with Gasteiger partial charge >= 0.3 is 38.7 Å². The predicted octanol–water partition coefficient (Wildman–Crippen LogP) is 10.8. The van der Waals surface area contributed by atoms with Gasteiger partial charge in [-0.05, 0) is 44.6 Å². The topological polar surface area (TPSA) is 81.2 Å². The number of amides is 2. The van der Waals surface area contributed by atoms with Crippen LogP contribution in [0.1, 0.15) is 106 Å². The van der Waals surface area contributed by atoms with Gasteiger partial charge in [0.05, 0.1) is 19.2 Å². The predicted molar refractivity (Wildman–Crippen MR) is 175 cm³/mol. The van der Waals surface area contributed by atoms with Gasteiger partial charge in [-0.15, -0.1) is 0 Å². The second-order valence-corrected chi connectivity index (χ2v) is 13.2. The van der Waals surface area contributed by atoms with Gasteiger partial charge in [-0.1, -0.05) is 67.2 Å². The van der Waals surface area contributed by atoms with Crippen molar-refractivity contribution in [2.24, 2.45) is 0 Å². The van der Waals surface area contributed by atoms with Gasteiger partial charge in [-0.3, -0.25) is 9.59 Å². The SMILES string of the molecule is CCCCN(CCCC)C(=O)CN(CC(=O)N(CCCC)CCCC)c1ccc([N+]#N)c(OC(CC)CC)c1.F[P-](F)(F)(F)(F)F. The zero-order valence-corrected chi connectivity index (χ0v) is 29.2. The molecular formula is C31H54F6N5O3P. The van der Waals surface area contributed by atoms with Gasteiger partial charge in [0.2, 0.25) is 23.0 Å². The molecule has 0 N–H and O–H groups in total. The quantitative estimate of drug-likeness (QED) is 0.0729. The molecule has 0 bridgehead atoms. The minimum atomic E-state index is -10.7. The summed E-state index contributed by atoms with van der Waals surface area (Å²) >= 11 is 0. The van der Waals surface area contributed by atoms with Gasteiger partial charge in [0, 0.05) is 44.0 Å². The molecule has 1 aromatic carbocycles. The number of diazo groups is 1. The maximum absolute atomic E-state index is 13.6. The maximum atomic E-state index is 13.6. The minimum absolute atomic E-state index is 0.0189. The molecule has 8 nitrogen and oxygen atoms in total. The van der Waals surface area contributed by atoms with E-state index in [0.29, 0.717) is 17.1 Å². The molecule has 0 heterocycles. The summed E-state index contributed by atoms with van der Waals surface area (Å²) < 4.78 is 65.4. The fourth-order valence-electron chi connectivity index (χ4n) is 4.39. The van der Waals surface area contributed by atoms with E-state index in [1.54, 1.807) is 18.2 Å². The third-order valence-corrected chi connectivity index (χ3v) is 7.10. The summed E-state index contributed by atoms with van der Waals surface area (Å²) in [6, 6.07) is 5.30. The van der Waals surface area contributed by atoms with Crippen LogP contribution in [0.2, 0.25) is 0 Å². The van der Waals surface area contributed by atoms with Crippen LogP contribution in [0.3, 0.4) is 0 Å². The molecule has 1 rings (SSSR count). The first-order valence-electron chi connectivity index (χ1n) is 16.4. The second-order valence-electron chi connectivity index (χ2n) is 11.3. The van der Waals surface area contributed by atoms with Gasteiger partial charge in [-0.25, -0.2) is 0 Å². The van der Waals surface area contributed by atoms with Crippen molar-refractivity contribution in [3.63, 3.8) is 0 Å². The number of nitrogens with zero attached hydrogens (tertiary/aromatic N) is 5. The summed E-state index contributed by atoms with van der Waals surface area (Å²) in [4.78, 5) is 36.3. The van der Waals surface area contributed by atoms with E-state index in [2.05, 4.69) is 46.5 Å². The van der Waals surface area contributed by atoms with Crippen LogP contribution in [-0.4, -0.2) is 67.0 Å². The normalized spacial score (nSPS) is 12.7. The molecule has 0 aliphatic heterocycles. The van der Waals surface area contributed by atoms with Gasteiger partial charge in [-0.2, -0.15) is 0 Å². The third kappa shape index (κ3) is 21.1. The molecule has 268 valence electrons. The molecular weight excluding hydrogens is 635 g/mol. The first kappa shape index (κ1) is 43.2. The molecule has 0 saturated heterocycles. The van der Waals surface area contributed by atoms with Gasteiger partial charge < -0.3 is 19.4 Å². The fourth-order valence-corrected chi connectivity index (χ4v) is 4.39. The van der Waals surface area contributed by atoms with E-state index in [1.165, 1.54) is 0 Å². The van der Waals surface area contributed by atoms with E-state index in [0.717, 1.165) is 90.4 Å². The molecule has 1 aromatic rings. The molecule has 0 fully saturated rings. The molecule has 2 amide bonds. The Morgan fingerprint density at radius 1 is 0.739 bits per heavy atom. The van der Waals surface area contributed by atoms with Gasteiger partial charge in [0.1, 0.15) is 0 Å². The third-order valence-electron chi connectivity index (χ3n) is 7.10. The molecule has 15 heteroatoms. The van der Waals surface area contributed by atoms with Crippen molar-refractivity contribution in [3.05, 3.63) is 23.2 Å². The average molecular weight is 690 g/mol. The molecule has 0 spiro atoms. The van der Waals surface area contributed by atoms with Crippen LogP contribution in [0.4, 0.5) is 36.6 Å². The Balaban J connectivity index is 0.00000258. The molecule has 46 heavy (non-hydrogen) atoms. The number of hydrogen-bond acceptors (Lipinski definition) is 5. The number of anilines is 1. The Labute approximate surface area is 270 Å². The molecule has 0 aromatic heterocycles. The molecule has 0 radical (unpaired) electrons. The van der Waals surface area contributed by atoms with Crippen LogP contribution in [0.15, 0.2) is 18.2 Å². The fraction of sp³-hybridized carbons (Fsp3) is 0.742. The zero-order valence-electron chi connectivity index (χ0n) is 28.3. The van der Waals surface area contributed by atoms with Crippen molar-refractivity contribution >= 4 is 31.0 Å². The van der Waals surface area contributed by atoms with Crippen molar-refractivity contribution in [1.29, 1.82) is 5.39 Å². The van der Waals surface area contributed by atoms with Crippen molar-refractivity contribution in [2.45, 2.75) is 112 Å². The van der Waals surface area contributed by atoms with E-state index in [1.807, 2.05) is 14.7 Å². The summed E-state index contributed by atoms with van der Waals surface area (Å²) in [5, 5.41) is 9.58. The Bertz CT molecular complexity index is 1040. The van der Waals surface area contributed by atoms with Crippen LogP contribution in [0.25, 0.3) is 4.98 Å². The number of hydrogen-bond donors (Lipinski definition) is 0. The van der Waals surface area contributed by atoms with Crippen molar-refractivity contribution in [1.82, 2.24) is 9.80 Å². The summed E-state index contributed by atoms with van der Waals surface area (Å²) in [7, 11) is -10.7. The van der Waals surface area contributed by atoms with Crippen LogP contribution in [0, 0.1) is 5.39 Å². The van der Waals surface area contributed by atoms with Crippen LogP contribution >= 0.6 is 7.81 Å². The van der Waals surface area contributed by atoms with Gasteiger partial charge in [0.25, 0.3) is 0 Å². The molecule has 0 saturated carbocycles. The Morgan fingerprint density at radius 2 is 1.11 bits per heavy atom. The first-order chi connectivity index (χ1) is 21.3. The van der Waals surface area contributed by atoms with E-state index < -0.39 is 7.81 Å². The number of carbonyl (C=O) groups excluding carboxylic acids is 2. The number of benzene rings is 1. The summed E-state index contributed by atoms with van der Waals surface area (Å²) in [6.45, 7) is 15.7. The van der Waals surface area contributed by atoms with Gasteiger partial charge in [0.15, 0.2) is 4.98 Å². The zero-order chi connectivity index (χ0) is 35.5. The number of unbranched alkanes of at least 4 members (excludes halogenated alkanes) is 4. The van der Waals surface area contributed by atoms with E-state index in [9.17, 15) is 40.2 Å². The number of halogens is 6. The van der Waals surface area contributed by atoms with Crippen molar-refractivity contribution in [2.75, 3.05) is 44.2 Å². The number of carbonyl (C=O) groups is 2. The van der Waals surface area contributed by atoms with Crippen LogP contribution in [0.5, 0.6) is 5.75 Å². The van der Waals surface area contributed by atoms with Crippen molar-refractivity contribution < 1.29 is 39.5 Å². The Kier molecular flexibility index (Phi) is 18.6. The second kappa shape index (κ2) is 19.8. The Morgan fingerprint density at radius 3 is 1.41 bits per heavy atom. The van der Waals surface area contributed by atoms with Crippen LogP contribution in [-0.2, 0) is 9.59 Å². The molecule has 0 aliphatic carbocycles.